The smallest absolute Gasteiger partial charge is 0.321 e. The standard InChI is InChI=1S/C21H24N2O3/c1-16(17-8-4-2-5-9-17)26-20(24)18-12-14-23(15-13-18)21(25)22-19-10-6-3-7-11-19/h2-11,16,18H,12-15H2,1H3,(H,22,25)/t16-/m0/s1. The predicted molar refractivity (Wildman–Crippen MR) is 101 cm³/mol. The molecule has 1 aliphatic rings. The highest BCUT2D eigenvalue weighted by atomic mass is 16.5. The molecule has 0 saturated carbocycles. The number of benzene rings is 2. The Kier molecular flexibility index (Phi) is 5.89. The molecule has 1 fully saturated rings. The molecule has 1 atom stereocenters. The van der Waals surface area contributed by atoms with Gasteiger partial charge in [-0.3, -0.25) is 4.79 Å². The molecule has 2 aromatic carbocycles. The van der Waals surface area contributed by atoms with Crippen molar-refractivity contribution in [3.63, 3.8) is 0 Å². The lowest BCUT2D eigenvalue weighted by Gasteiger charge is -2.31. The molecule has 2 aromatic rings. The van der Waals surface area contributed by atoms with E-state index in [-0.39, 0.29) is 24.0 Å². The molecule has 5 heteroatoms. The minimum atomic E-state index is -0.261. The summed E-state index contributed by atoms with van der Waals surface area (Å²) in [5, 5.41) is 2.88. The van der Waals surface area contributed by atoms with E-state index in [9.17, 15) is 9.59 Å². The Hall–Kier alpha value is -2.82. The van der Waals surface area contributed by atoms with Crippen LogP contribution in [0.15, 0.2) is 60.7 Å². The minimum Gasteiger partial charge on any atom is -0.458 e. The molecule has 0 spiro atoms. The number of nitrogens with one attached hydrogen (secondary N) is 1. The van der Waals surface area contributed by atoms with Gasteiger partial charge in [-0.1, -0.05) is 48.5 Å². The molecule has 1 heterocycles. The number of esters is 1. The molecular formula is C21H24N2O3. The molecule has 26 heavy (non-hydrogen) atoms. The first-order valence-electron chi connectivity index (χ1n) is 9.00. The van der Waals surface area contributed by atoms with Gasteiger partial charge in [0, 0.05) is 18.8 Å². The van der Waals surface area contributed by atoms with Gasteiger partial charge >= 0.3 is 12.0 Å². The number of piperidine rings is 1. The number of urea groups is 1. The fourth-order valence-corrected chi connectivity index (χ4v) is 3.10. The van der Waals surface area contributed by atoms with Crippen molar-refractivity contribution in [1.82, 2.24) is 4.90 Å². The summed E-state index contributed by atoms with van der Waals surface area (Å²) in [5.41, 5.74) is 1.76. The van der Waals surface area contributed by atoms with Crippen LogP contribution in [0.4, 0.5) is 10.5 Å². The average molecular weight is 352 g/mol. The van der Waals surface area contributed by atoms with Crippen molar-refractivity contribution < 1.29 is 14.3 Å². The van der Waals surface area contributed by atoms with Gasteiger partial charge in [0.15, 0.2) is 0 Å². The fraction of sp³-hybridized carbons (Fsp3) is 0.333. The number of amides is 2. The largest absolute Gasteiger partial charge is 0.458 e. The van der Waals surface area contributed by atoms with Gasteiger partial charge in [0.2, 0.25) is 0 Å². The zero-order valence-corrected chi connectivity index (χ0v) is 14.9. The average Bonchev–Trinajstić information content (AvgIpc) is 2.69. The van der Waals surface area contributed by atoms with E-state index in [4.69, 9.17) is 4.74 Å². The Labute approximate surface area is 154 Å². The van der Waals surface area contributed by atoms with Gasteiger partial charge in [0.25, 0.3) is 0 Å². The van der Waals surface area contributed by atoms with Crippen LogP contribution in [0.5, 0.6) is 0 Å². The van der Waals surface area contributed by atoms with Gasteiger partial charge in [0.1, 0.15) is 6.10 Å². The number of hydrogen-bond acceptors (Lipinski definition) is 3. The summed E-state index contributed by atoms with van der Waals surface area (Å²) in [4.78, 5) is 26.5. The van der Waals surface area contributed by atoms with Crippen LogP contribution >= 0.6 is 0 Å². The molecule has 0 aliphatic carbocycles. The Bertz CT molecular complexity index is 725. The third kappa shape index (κ3) is 4.63. The van der Waals surface area contributed by atoms with Crippen LogP contribution in [0.1, 0.15) is 31.4 Å². The first-order valence-corrected chi connectivity index (χ1v) is 9.00. The predicted octanol–water partition coefficient (Wildman–Crippen LogP) is 4.23. The number of likely N-dealkylation sites (tertiary alicyclic amines) is 1. The lowest BCUT2D eigenvalue weighted by atomic mass is 9.97. The van der Waals surface area contributed by atoms with E-state index in [0.29, 0.717) is 25.9 Å². The van der Waals surface area contributed by atoms with Crippen LogP contribution in [-0.2, 0) is 9.53 Å². The molecule has 0 radical (unpaired) electrons. The van der Waals surface area contributed by atoms with Crippen LogP contribution in [0.2, 0.25) is 0 Å². The van der Waals surface area contributed by atoms with Crippen molar-refractivity contribution in [2.75, 3.05) is 18.4 Å². The molecule has 1 N–H and O–H groups in total. The number of ether oxygens (including phenoxy) is 1. The molecule has 0 aromatic heterocycles. The summed E-state index contributed by atoms with van der Waals surface area (Å²) in [5.74, 6) is -0.327. The van der Waals surface area contributed by atoms with E-state index in [1.165, 1.54) is 0 Å². The number of hydrogen-bond donors (Lipinski definition) is 1. The zero-order chi connectivity index (χ0) is 18.4. The van der Waals surface area contributed by atoms with Gasteiger partial charge in [-0.25, -0.2) is 4.79 Å². The van der Waals surface area contributed by atoms with Gasteiger partial charge in [-0.05, 0) is 37.5 Å². The Balaban J connectivity index is 1.47. The molecule has 1 aliphatic heterocycles. The number of rotatable bonds is 4. The molecular weight excluding hydrogens is 328 g/mol. The quantitative estimate of drug-likeness (QED) is 0.838. The van der Waals surface area contributed by atoms with Gasteiger partial charge in [-0.15, -0.1) is 0 Å². The third-order valence-electron chi connectivity index (χ3n) is 4.70. The van der Waals surface area contributed by atoms with Crippen molar-refractivity contribution in [1.29, 1.82) is 0 Å². The molecule has 0 unspecified atom stereocenters. The summed E-state index contributed by atoms with van der Waals surface area (Å²) in [6.07, 6.45) is 0.994. The maximum absolute atomic E-state index is 12.4. The van der Waals surface area contributed by atoms with E-state index in [0.717, 1.165) is 11.3 Å². The molecule has 5 nitrogen and oxygen atoms in total. The molecule has 3 rings (SSSR count). The van der Waals surface area contributed by atoms with E-state index in [1.54, 1.807) is 4.90 Å². The summed E-state index contributed by atoms with van der Waals surface area (Å²) in [7, 11) is 0. The summed E-state index contributed by atoms with van der Waals surface area (Å²) in [6, 6.07) is 19.0. The van der Waals surface area contributed by atoms with Crippen molar-refractivity contribution in [3.05, 3.63) is 66.2 Å². The Morgan fingerprint density at radius 2 is 1.58 bits per heavy atom. The number of carbonyl (C=O) groups excluding carboxylic acids is 2. The highest BCUT2D eigenvalue weighted by molar-refractivity contribution is 5.89. The van der Waals surface area contributed by atoms with Crippen molar-refractivity contribution in [2.45, 2.75) is 25.9 Å². The van der Waals surface area contributed by atoms with E-state index in [2.05, 4.69) is 5.32 Å². The topological polar surface area (TPSA) is 58.6 Å². The number of para-hydroxylation sites is 1. The first-order chi connectivity index (χ1) is 12.6. The van der Waals surface area contributed by atoms with Crippen LogP contribution < -0.4 is 5.32 Å². The molecule has 1 saturated heterocycles. The highest BCUT2D eigenvalue weighted by Crippen LogP contribution is 2.24. The molecule has 2 amide bonds. The normalized spacial score (nSPS) is 16.0. The Morgan fingerprint density at radius 1 is 1.00 bits per heavy atom. The van der Waals surface area contributed by atoms with Crippen molar-refractivity contribution in [2.24, 2.45) is 5.92 Å². The number of anilines is 1. The third-order valence-corrected chi connectivity index (χ3v) is 4.70. The summed E-state index contributed by atoms with van der Waals surface area (Å²) < 4.78 is 5.61. The van der Waals surface area contributed by atoms with E-state index < -0.39 is 0 Å². The maximum Gasteiger partial charge on any atom is 0.321 e. The van der Waals surface area contributed by atoms with Crippen LogP contribution in [0, 0.1) is 5.92 Å². The van der Waals surface area contributed by atoms with Crippen LogP contribution in [-0.4, -0.2) is 30.0 Å². The Morgan fingerprint density at radius 3 is 2.19 bits per heavy atom. The van der Waals surface area contributed by atoms with Crippen LogP contribution in [0.3, 0.4) is 0 Å². The van der Waals surface area contributed by atoms with E-state index >= 15 is 0 Å². The van der Waals surface area contributed by atoms with Gasteiger partial charge in [-0.2, -0.15) is 0 Å². The summed E-state index contributed by atoms with van der Waals surface area (Å²) >= 11 is 0. The van der Waals surface area contributed by atoms with E-state index in [1.807, 2.05) is 67.6 Å². The highest BCUT2D eigenvalue weighted by Gasteiger charge is 2.29. The molecule has 0 bridgehead atoms. The van der Waals surface area contributed by atoms with Gasteiger partial charge < -0.3 is 15.0 Å². The first kappa shape index (κ1) is 18.0. The van der Waals surface area contributed by atoms with Crippen LogP contribution in [0.25, 0.3) is 0 Å². The summed E-state index contributed by atoms with van der Waals surface area (Å²) in [6.45, 7) is 2.99. The fourth-order valence-electron chi connectivity index (χ4n) is 3.10. The SMILES string of the molecule is C[C@H](OC(=O)C1CCN(C(=O)Nc2ccccc2)CC1)c1ccccc1. The second-order valence-electron chi connectivity index (χ2n) is 6.55. The zero-order valence-electron chi connectivity index (χ0n) is 14.9. The molecule has 136 valence electrons. The lowest BCUT2D eigenvalue weighted by Crippen LogP contribution is -2.42. The monoisotopic (exact) mass is 352 g/mol. The second kappa shape index (κ2) is 8.52. The second-order valence-corrected chi connectivity index (χ2v) is 6.55. The van der Waals surface area contributed by atoms with Crippen molar-refractivity contribution >= 4 is 17.7 Å². The minimum absolute atomic E-state index is 0.124. The van der Waals surface area contributed by atoms with Gasteiger partial charge in [0.05, 0.1) is 5.92 Å². The number of nitrogens with zero attached hydrogens (tertiary/aromatic N) is 1. The number of carbonyl (C=O) groups is 2. The lowest BCUT2D eigenvalue weighted by molar-refractivity contribution is -0.155. The maximum atomic E-state index is 12.4. The van der Waals surface area contributed by atoms with Crippen molar-refractivity contribution in [3.8, 4) is 0 Å².